The van der Waals surface area contributed by atoms with Gasteiger partial charge in [0, 0.05) is 95.6 Å². The fraction of sp³-hybridized carbons (Fsp3) is 0.00917. The lowest BCUT2D eigenvalue weighted by atomic mass is 9.88. The van der Waals surface area contributed by atoms with Crippen LogP contribution in [0, 0.1) is 0 Å². The van der Waals surface area contributed by atoms with E-state index in [0.717, 1.165) is 11.4 Å². The van der Waals surface area contributed by atoms with E-state index in [4.69, 9.17) is 0 Å². The normalized spacial score (nSPS) is 12.6. The predicted octanol–water partition coefficient (Wildman–Crippen LogP) is 30.6. The van der Waals surface area contributed by atoms with Gasteiger partial charge in [-0.25, -0.2) is 0 Å². The minimum absolute atomic E-state index is 0.198. The van der Waals surface area contributed by atoms with Crippen LogP contribution in [0.1, 0.15) is 22.6 Å². The van der Waals surface area contributed by atoms with E-state index in [-0.39, 0.29) is 5.92 Å². The number of fused-ring (bicyclic) bond motifs is 20. The molecule has 532 valence electrons. The summed E-state index contributed by atoms with van der Waals surface area (Å²) in [7, 11) is 0. The van der Waals surface area contributed by atoms with Gasteiger partial charge in [0.1, 0.15) is 0 Å². The lowest BCUT2D eigenvalue weighted by Crippen LogP contribution is -1.99. The molecule has 0 radical (unpaired) electrons. The fourth-order valence-electron chi connectivity index (χ4n) is 18.5. The molecule has 114 heavy (non-hydrogen) atoms. The van der Waals surface area contributed by atoms with Gasteiger partial charge < -0.3 is 13.7 Å². The molecule has 3 nitrogen and oxygen atoms in total. The van der Waals surface area contributed by atoms with Gasteiger partial charge >= 0.3 is 0 Å². The highest BCUT2D eigenvalue weighted by atomic mass is 32.1. The third kappa shape index (κ3) is 10.8. The van der Waals surface area contributed by atoms with E-state index in [9.17, 15) is 0 Å². The van der Waals surface area contributed by atoms with Gasteiger partial charge in [-0.15, -0.1) is 22.7 Å². The Bertz CT molecular complexity index is 7720. The van der Waals surface area contributed by atoms with Crippen molar-refractivity contribution < 1.29 is 0 Å². The summed E-state index contributed by atoms with van der Waals surface area (Å²) in [5, 5.41) is 13.0. The van der Waals surface area contributed by atoms with Crippen molar-refractivity contribution in [3.05, 3.63) is 429 Å². The smallest absolute Gasteiger partial charge is 0.0555 e. The van der Waals surface area contributed by atoms with Crippen LogP contribution in [0.3, 0.4) is 0 Å². The molecule has 1 unspecified atom stereocenters. The maximum absolute atomic E-state index is 2.46. The van der Waals surface area contributed by atoms with E-state index in [1.165, 1.54) is 206 Å². The molecule has 0 saturated heterocycles. The summed E-state index contributed by atoms with van der Waals surface area (Å²) < 4.78 is 12.6. The molecule has 18 aromatic carbocycles. The Morgan fingerprint density at radius 2 is 0.553 bits per heavy atom. The summed E-state index contributed by atoms with van der Waals surface area (Å²) in [5.41, 5.74) is 32.2. The molecule has 0 aliphatic heterocycles. The third-order valence-corrected chi connectivity index (χ3v) is 26.2. The second kappa shape index (κ2) is 26.8. The van der Waals surface area contributed by atoms with E-state index in [2.05, 4.69) is 426 Å². The number of benzene rings is 18. The van der Waals surface area contributed by atoms with Crippen molar-refractivity contribution in [2.24, 2.45) is 0 Å². The molecule has 1 atom stereocenters. The lowest BCUT2D eigenvalue weighted by Gasteiger charge is -2.15. The Morgan fingerprint density at radius 3 is 1.11 bits per heavy atom. The summed E-state index contributed by atoms with van der Waals surface area (Å²) in [4.78, 5) is 0. The summed E-state index contributed by atoms with van der Waals surface area (Å²) in [6, 6.07) is 152. The minimum atomic E-state index is 0.198. The molecule has 5 heterocycles. The Hall–Kier alpha value is -14.2. The first kappa shape index (κ1) is 65.7. The quantitative estimate of drug-likeness (QED) is 0.130. The van der Waals surface area contributed by atoms with Gasteiger partial charge in [0.15, 0.2) is 0 Å². The summed E-state index contributed by atoms with van der Waals surface area (Å²) in [5.74, 6) is 0.198. The SMILES string of the molecule is c1ccc(-c2ccc(-n3c4ccccc4c4cc(-c5ccc6c(c5)c5c7sc8ccccc8c7ccc5n6-c5ccc(-c6ccccc6)cc5)ccc43)cc2)cc1.c1ccc(-c2ccc(C3c4ccccc4-c4cc(-c5ccc6c(c5)c5c7c(ccc5n6-c5ccc(-c6ccccc6)cc5)sc5ccccc57)ccc43)cc2)cc1. The van der Waals surface area contributed by atoms with Gasteiger partial charge in [-0.3, -0.25) is 0 Å². The molecule has 0 amide bonds. The Balaban J connectivity index is 0.000000135. The zero-order valence-electron chi connectivity index (χ0n) is 62.0. The van der Waals surface area contributed by atoms with Gasteiger partial charge in [-0.05, 0) is 210 Å². The predicted molar refractivity (Wildman–Crippen MR) is 487 cm³/mol. The molecule has 0 saturated carbocycles. The number of nitrogens with zero attached hydrogens (tertiary/aromatic N) is 3. The number of rotatable bonds is 10. The first-order chi connectivity index (χ1) is 56.5. The average Bonchev–Trinajstić information content (AvgIpc) is 1.56. The van der Waals surface area contributed by atoms with Crippen molar-refractivity contribution in [1.29, 1.82) is 0 Å². The van der Waals surface area contributed by atoms with Crippen molar-refractivity contribution in [2.45, 2.75) is 5.92 Å². The van der Waals surface area contributed by atoms with Crippen LogP contribution < -0.4 is 0 Å². The molecular weight excluding hydrogens is 1420 g/mol. The van der Waals surface area contributed by atoms with Crippen molar-refractivity contribution >= 4 is 128 Å². The molecule has 0 bridgehead atoms. The van der Waals surface area contributed by atoms with Gasteiger partial charge in [-0.2, -0.15) is 0 Å². The lowest BCUT2D eigenvalue weighted by molar-refractivity contribution is 1.02. The zero-order chi connectivity index (χ0) is 74.9. The maximum Gasteiger partial charge on any atom is 0.0555 e. The second-order valence-electron chi connectivity index (χ2n) is 30.1. The fourth-order valence-corrected chi connectivity index (χ4v) is 20.9. The van der Waals surface area contributed by atoms with Gasteiger partial charge in [0.25, 0.3) is 0 Å². The summed E-state index contributed by atoms with van der Waals surface area (Å²) in [6.45, 7) is 0. The van der Waals surface area contributed by atoms with Crippen LogP contribution in [0.25, 0.3) is 201 Å². The highest BCUT2D eigenvalue weighted by Gasteiger charge is 2.31. The maximum atomic E-state index is 2.46. The number of hydrogen-bond donors (Lipinski definition) is 0. The average molecular weight is 1480 g/mol. The van der Waals surface area contributed by atoms with E-state index < -0.39 is 0 Å². The minimum Gasteiger partial charge on any atom is -0.309 e. The van der Waals surface area contributed by atoms with Crippen LogP contribution >= 0.6 is 22.7 Å². The Kier molecular flexibility index (Phi) is 15.4. The van der Waals surface area contributed by atoms with E-state index in [1.807, 2.05) is 22.7 Å². The molecule has 24 rings (SSSR count). The standard InChI is InChI=1S/C55H35NS.C54H34N2S/c1-3-11-35(12-4-1)37-19-21-39(22-20-37)53-44-16-8-7-15-43(44)47-33-40(25-29-45(47)53)41-26-30-49-48(34-41)54-50(31-32-52-55(54)46-17-9-10-18-51(46)57-52)56(49)42-27-23-38(24-28-42)36-13-5-2-6-14-36;1-3-11-35(12-4-1)37-19-25-41(26-20-37)55-48-17-9-7-15-43(48)46-33-39(23-30-49(46)55)40-24-31-50-47(34-40)53-51(32-29-45-44-16-8-10-18-52(44)57-54(45)53)56(50)42-27-21-38(22-28-42)36-13-5-2-6-14-36/h1-34,53H;1-34H. The van der Waals surface area contributed by atoms with Crippen molar-refractivity contribution in [1.82, 2.24) is 13.7 Å². The van der Waals surface area contributed by atoms with Crippen molar-refractivity contribution in [3.63, 3.8) is 0 Å². The topological polar surface area (TPSA) is 14.8 Å². The highest BCUT2D eigenvalue weighted by molar-refractivity contribution is 7.27. The van der Waals surface area contributed by atoms with Crippen LogP contribution in [-0.4, -0.2) is 13.7 Å². The molecule has 5 aromatic heterocycles. The third-order valence-electron chi connectivity index (χ3n) is 23.9. The van der Waals surface area contributed by atoms with Gasteiger partial charge in [0.05, 0.1) is 33.1 Å². The first-order valence-electron chi connectivity index (χ1n) is 39.2. The number of hydrogen-bond acceptors (Lipinski definition) is 2. The largest absolute Gasteiger partial charge is 0.309 e. The van der Waals surface area contributed by atoms with E-state index in [1.54, 1.807) is 0 Å². The number of para-hydroxylation sites is 1. The summed E-state index contributed by atoms with van der Waals surface area (Å²) in [6.07, 6.45) is 0. The monoisotopic (exact) mass is 1480 g/mol. The van der Waals surface area contributed by atoms with Crippen LogP contribution in [0.5, 0.6) is 0 Å². The molecule has 0 fully saturated rings. The first-order valence-corrected chi connectivity index (χ1v) is 40.8. The van der Waals surface area contributed by atoms with Crippen molar-refractivity contribution in [2.75, 3.05) is 0 Å². The Morgan fingerprint density at radius 1 is 0.184 bits per heavy atom. The van der Waals surface area contributed by atoms with Crippen LogP contribution in [0.4, 0.5) is 0 Å². The van der Waals surface area contributed by atoms with Crippen LogP contribution in [-0.2, 0) is 0 Å². The van der Waals surface area contributed by atoms with E-state index in [0.29, 0.717) is 0 Å². The molecule has 0 spiro atoms. The molecule has 23 aromatic rings. The van der Waals surface area contributed by atoms with Gasteiger partial charge in [0.2, 0.25) is 0 Å². The zero-order valence-corrected chi connectivity index (χ0v) is 63.6. The molecule has 0 N–H and O–H groups in total. The van der Waals surface area contributed by atoms with Crippen LogP contribution in [0.15, 0.2) is 413 Å². The summed E-state index contributed by atoms with van der Waals surface area (Å²) >= 11 is 3.79. The highest BCUT2D eigenvalue weighted by Crippen LogP contribution is 2.52. The molecule has 5 heteroatoms. The molecular formula is C109H69N3S2. The van der Waals surface area contributed by atoms with Crippen LogP contribution in [0.2, 0.25) is 0 Å². The molecule has 1 aliphatic rings. The number of aromatic nitrogens is 3. The van der Waals surface area contributed by atoms with Gasteiger partial charge in [-0.1, -0.05) is 297 Å². The van der Waals surface area contributed by atoms with E-state index >= 15 is 0 Å². The van der Waals surface area contributed by atoms with Crippen molar-refractivity contribution in [3.8, 4) is 95.0 Å². The number of thiophene rings is 2. The second-order valence-corrected chi connectivity index (χ2v) is 32.3. The molecule has 1 aliphatic carbocycles. The Labute approximate surface area is 667 Å².